The number of carbonyl (C=O) groups is 2. The van der Waals surface area contributed by atoms with Gasteiger partial charge >= 0.3 is 0 Å². The Balaban J connectivity index is 1.88. The monoisotopic (exact) mass is 615 g/mol. The number of amides is 2. The molecule has 0 spiro atoms. The van der Waals surface area contributed by atoms with Gasteiger partial charge in [0.05, 0.1) is 11.9 Å². The molecule has 0 radical (unpaired) electrons. The zero-order valence-electron chi connectivity index (χ0n) is 24.4. The molecule has 1 unspecified atom stereocenters. The second kappa shape index (κ2) is 15.7. The smallest absolute Gasteiger partial charge is 0.243 e. The van der Waals surface area contributed by atoms with Crippen molar-refractivity contribution in [2.75, 3.05) is 23.7 Å². The van der Waals surface area contributed by atoms with Crippen LogP contribution in [0.5, 0.6) is 0 Å². The minimum atomic E-state index is -3.66. The highest BCUT2D eigenvalue weighted by molar-refractivity contribution is 7.92. The molecule has 0 saturated heterocycles. The topological polar surface area (TPSA) is 86.8 Å². The lowest BCUT2D eigenvalue weighted by molar-refractivity contribution is -0.141. The standard InChI is InChI=1S/C32H39ClFN3O4S/c1-4-5-19-35-32(39)30(21-25-10-7-6-8-11-25)36(23-26-14-17-28(34)18-15-26)31(38)12-9-20-37(42(3,40)41)29-22-27(33)16-13-24(29)2/h6-8,10-11,13-18,22,30H,4-5,9,12,19-21,23H2,1-3H3,(H,35,39). The molecule has 10 heteroatoms. The molecule has 0 aliphatic rings. The highest BCUT2D eigenvalue weighted by atomic mass is 35.5. The van der Waals surface area contributed by atoms with Gasteiger partial charge in [0, 0.05) is 37.5 Å². The van der Waals surface area contributed by atoms with E-state index in [-0.39, 0.29) is 37.7 Å². The van der Waals surface area contributed by atoms with E-state index in [4.69, 9.17) is 11.6 Å². The Kier molecular flexibility index (Phi) is 12.4. The average molecular weight is 616 g/mol. The summed E-state index contributed by atoms with van der Waals surface area (Å²) in [6, 6.07) is 19.5. The third kappa shape index (κ3) is 9.84. The van der Waals surface area contributed by atoms with Crippen molar-refractivity contribution >= 4 is 39.1 Å². The Morgan fingerprint density at radius 3 is 2.31 bits per heavy atom. The number of nitrogens with zero attached hydrogens (tertiary/aromatic N) is 2. The van der Waals surface area contributed by atoms with Crippen LogP contribution in [0.4, 0.5) is 10.1 Å². The lowest BCUT2D eigenvalue weighted by Crippen LogP contribution is -2.50. The molecule has 0 aromatic heterocycles. The Bertz CT molecular complexity index is 1440. The van der Waals surface area contributed by atoms with E-state index in [1.54, 1.807) is 37.3 Å². The van der Waals surface area contributed by atoms with E-state index in [1.807, 2.05) is 37.3 Å². The van der Waals surface area contributed by atoms with E-state index in [9.17, 15) is 22.4 Å². The number of anilines is 1. The maximum absolute atomic E-state index is 13.9. The summed E-state index contributed by atoms with van der Waals surface area (Å²) in [5.41, 5.74) is 2.76. The van der Waals surface area contributed by atoms with Gasteiger partial charge in [0.15, 0.2) is 0 Å². The van der Waals surface area contributed by atoms with Crippen LogP contribution in [-0.2, 0) is 32.6 Å². The fourth-order valence-corrected chi connectivity index (χ4v) is 5.86. The third-order valence-electron chi connectivity index (χ3n) is 6.96. The molecule has 3 aromatic carbocycles. The van der Waals surface area contributed by atoms with Crippen molar-refractivity contribution < 1.29 is 22.4 Å². The van der Waals surface area contributed by atoms with E-state index in [0.717, 1.165) is 30.2 Å². The molecule has 1 atom stereocenters. The van der Waals surface area contributed by atoms with E-state index in [0.29, 0.717) is 29.2 Å². The van der Waals surface area contributed by atoms with Crippen LogP contribution in [0.15, 0.2) is 72.8 Å². The molecule has 2 amide bonds. The number of hydrogen-bond acceptors (Lipinski definition) is 4. The number of sulfonamides is 1. The Morgan fingerprint density at radius 2 is 1.67 bits per heavy atom. The van der Waals surface area contributed by atoms with Gasteiger partial charge < -0.3 is 10.2 Å². The molecule has 0 fully saturated rings. The molecular weight excluding hydrogens is 577 g/mol. The normalized spacial score (nSPS) is 12.0. The van der Waals surface area contributed by atoms with Crippen LogP contribution in [0, 0.1) is 12.7 Å². The number of benzene rings is 3. The van der Waals surface area contributed by atoms with Crippen LogP contribution in [0.1, 0.15) is 49.3 Å². The van der Waals surface area contributed by atoms with Crippen LogP contribution in [0.3, 0.4) is 0 Å². The summed E-state index contributed by atoms with van der Waals surface area (Å²) in [7, 11) is -3.66. The maximum Gasteiger partial charge on any atom is 0.243 e. The number of rotatable bonds is 15. The summed E-state index contributed by atoms with van der Waals surface area (Å²) in [5.74, 6) is -0.968. The number of nitrogens with one attached hydrogen (secondary N) is 1. The SMILES string of the molecule is CCCCNC(=O)C(Cc1ccccc1)N(Cc1ccc(F)cc1)C(=O)CCCN(c1cc(Cl)ccc1C)S(C)(=O)=O. The maximum atomic E-state index is 13.9. The molecule has 0 aliphatic heterocycles. The largest absolute Gasteiger partial charge is 0.354 e. The molecule has 42 heavy (non-hydrogen) atoms. The van der Waals surface area contributed by atoms with Crippen molar-refractivity contribution in [2.24, 2.45) is 0 Å². The molecule has 226 valence electrons. The fraction of sp³-hybridized carbons (Fsp3) is 0.375. The molecule has 0 saturated carbocycles. The average Bonchev–Trinajstić information content (AvgIpc) is 2.95. The summed E-state index contributed by atoms with van der Waals surface area (Å²) in [6.07, 6.45) is 3.34. The van der Waals surface area contributed by atoms with Gasteiger partial charge in [0.2, 0.25) is 21.8 Å². The number of aryl methyl sites for hydroxylation is 1. The zero-order chi connectivity index (χ0) is 30.7. The van der Waals surface area contributed by atoms with Gasteiger partial charge in [-0.15, -0.1) is 0 Å². The summed E-state index contributed by atoms with van der Waals surface area (Å²) < 4.78 is 40.3. The molecular formula is C32H39ClFN3O4S. The first-order valence-electron chi connectivity index (χ1n) is 14.1. The van der Waals surface area contributed by atoms with Crippen LogP contribution >= 0.6 is 11.6 Å². The third-order valence-corrected chi connectivity index (χ3v) is 8.37. The predicted octanol–water partition coefficient (Wildman–Crippen LogP) is 5.89. The highest BCUT2D eigenvalue weighted by Gasteiger charge is 2.30. The summed E-state index contributed by atoms with van der Waals surface area (Å²) >= 11 is 6.16. The molecule has 7 nitrogen and oxygen atoms in total. The number of unbranched alkanes of at least 4 members (excludes halogenated alkanes) is 1. The van der Waals surface area contributed by atoms with Crippen LogP contribution in [-0.4, -0.2) is 50.5 Å². The Labute approximate surface area is 253 Å². The molecule has 0 heterocycles. The van der Waals surface area contributed by atoms with Gasteiger partial charge in [0.25, 0.3) is 0 Å². The Hall–Kier alpha value is -3.43. The van der Waals surface area contributed by atoms with Crippen molar-refractivity contribution in [1.82, 2.24) is 10.2 Å². The lowest BCUT2D eigenvalue weighted by Gasteiger charge is -2.32. The van der Waals surface area contributed by atoms with Gasteiger partial charge in [0.1, 0.15) is 11.9 Å². The van der Waals surface area contributed by atoms with Gasteiger partial charge in [-0.1, -0.05) is 73.5 Å². The molecule has 0 aliphatic carbocycles. The van der Waals surface area contributed by atoms with Gasteiger partial charge in [-0.25, -0.2) is 12.8 Å². The van der Waals surface area contributed by atoms with Gasteiger partial charge in [-0.2, -0.15) is 0 Å². The van der Waals surface area contributed by atoms with E-state index < -0.39 is 21.9 Å². The quantitative estimate of drug-likeness (QED) is 0.216. The second-order valence-corrected chi connectivity index (χ2v) is 12.7. The minimum absolute atomic E-state index is 0.000355. The molecule has 3 rings (SSSR count). The fourth-order valence-electron chi connectivity index (χ4n) is 4.68. The first-order chi connectivity index (χ1) is 20.0. The van der Waals surface area contributed by atoms with Crippen LogP contribution < -0.4 is 9.62 Å². The molecule has 1 N–H and O–H groups in total. The summed E-state index contributed by atoms with van der Waals surface area (Å²) in [5, 5.41) is 3.37. The summed E-state index contributed by atoms with van der Waals surface area (Å²) in [4.78, 5) is 28.9. The van der Waals surface area contributed by atoms with Crippen LogP contribution in [0.2, 0.25) is 5.02 Å². The highest BCUT2D eigenvalue weighted by Crippen LogP contribution is 2.27. The summed E-state index contributed by atoms with van der Waals surface area (Å²) in [6.45, 7) is 4.47. The van der Waals surface area contributed by atoms with E-state index >= 15 is 0 Å². The number of halogens is 2. The minimum Gasteiger partial charge on any atom is -0.354 e. The van der Waals surface area contributed by atoms with Crippen LogP contribution in [0.25, 0.3) is 0 Å². The van der Waals surface area contributed by atoms with Crippen molar-refractivity contribution in [2.45, 2.75) is 58.5 Å². The van der Waals surface area contributed by atoms with E-state index in [1.165, 1.54) is 21.3 Å². The van der Waals surface area contributed by atoms with Gasteiger partial charge in [-0.3, -0.25) is 13.9 Å². The second-order valence-electron chi connectivity index (χ2n) is 10.4. The lowest BCUT2D eigenvalue weighted by atomic mass is 10.0. The molecule has 3 aromatic rings. The Morgan fingerprint density at radius 1 is 0.976 bits per heavy atom. The van der Waals surface area contributed by atoms with E-state index in [2.05, 4.69) is 5.32 Å². The zero-order valence-corrected chi connectivity index (χ0v) is 25.9. The van der Waals surface area contributed by atoms with Crippen molar-refractivity contribution in [1.29, 1.82) is 0 Å². The molecule has 0 bridgehead atoms. The number of carbonyl (C=O) groups excluding carboxylic acids is 2. The first-order valence-corrected chi connectivity index (χ1v) is 16.3. The predicted molar refractivity (Wildman–Crippen MR) is 166 cm³/mol. The number of hydrogen-bond donors (Lipinski definition) is 1. The van der Waals surface area contributed by atoms with Crippen molar-refractivity contribution in [3.8, 4) is 0 Å². The first kappa shape index (κ1) is 33.1. The van der Waals surface area contributed by atoms with Crippen molar-refractivity contribution in [3.63, 3.8) is 0 Å². The van der Waals surface area contributed by atoms with Gasteiger partial charge in [-0.05, 0) is 60.7 Å². The van der Waals surface area contributed by atoms with Crippen molar-refractivity contribution in [3.05, 3.63) is 100 Å².